The van der Waals surface area contributed by atoms with Crippen LogP contribution in [0.4, 0.5) is 0 Å². The van der Waals surface area contributed by atoms with Gasteiger partial charge in [-0.15, -0.1) is 0 Å². The van der Waals surface area contributed by atoms with Crippen LogP contribution in [0.2, 0.25) is 0 Å². The van der Waals surface area contributed by atoms with Crippen LogP contribution in [0.3, 0.4) is 0 Å². The zero-order valence-corrected chi connectivity index (χ0v) is 9.85. The third-order valence-electron chi connectivity index (χ3n) is 3.89. The van der Waals surface area contributed by atoms with Gasteiger partial charge in [-0.25, -0.2) is 0 Å². The summed E-state index contributed by atoms with van der Waals surface area (Å²) in [6.45, 7) is 10.1. The highest BCUT2D eigenvalue weighted by atomic mass is 16.5. The number of methoxy groups -OCH3 is 1. The smallest absolute Gasteiger partial charge is 0.0508 e. The molecule has 13 heavy (non-hydrogen) atoms. The SMILES string of the molecule is COCC1CC(C)(C)N(C)C1(C)C. The van der Waals surface area contributed by atoms with E-state index in [1.807, 2.05) is 0 Å². The van der Waals surface area contributed by atoms with E-state index in [1.54, 1.807) is 7.11 Å². The molecule has 0 radical (unpaired) electrons. The minimum Gasteiger partial charge on any atom is -0.384 e. The summed E-state index contributed by atoms with van der Waals surface area (Å²) in [6.07, 6.45) is 1.23. The molecule has 0 aromatic rings. The Labute approximate surface area is 82.3 Å². The van der Waals surface area contributed by atoms with Gasteiger partial charge in [-0.2, -0.15) is 0 Å². The molecular weight excluding hydrogens is 162 g/mol. The number of nitrogens with zero attached hydrogens (tertiary/aromatic N) is 1. The summed E-state index contributed by atoms with van der Waals surface area (Å²) in [5.74, 6) is 0.650. The molecule has 1 rings (SSSR count). The fourth-order valence-electron chi connectivity index (χ4n) is 2.51. The van der Waals surface area contributed by atoms with Gasteiger partial charge in [0.25, 0.3) is 0 Å². The second-order valence-corrected chi connectivity index (χ2v) is 5.38. The molecule has 0 amide bonds. The van der Waals surface area contributed by atoms with E-state index in [1.165, 1.54) is 6.42 Å². The zero-order valence-electron chi connectivity index (χ0n) is 9.85. The average molecular weight is 185 g/mol. The van der Waals surface area contributed by atoms with E-state index in [0.29, 0.717) is 11.5 Å². The Hall–Kier alpha value is -0.0800. The predicted octanol–water partition coefficient (Wildman–Crippen LogP) is 2.14. The monoisotopic (exact) mass is 185 g/mol. The molecule has 1 atom stereocenters. The maximum absolute atomic E-state index is 5.28. The van der Waals surface area contributed by atoms with Gasteiger partial charge in [-0.3, -0.25) is 4.90 Å². The molecule has 0 aromatic heterocycles. The molecule has 0 spiro atoms. The standard InChI is InChI=1S/C11H23NO/c1-10(2)7-9(8-13-6)11(3,4)12(10)5/h9H,7-8H2,1-6H3. The molecule has 1 heterocycles. The van der Waals surface area contributed by atoms with Crippen molar-refractivity contribution in [2.24, 2.45) is 5.92 Å². The van der Waals surface area contributed by atoms with E-state index >= 15 is 0 Å². The summed E-state index contributed by atoms with van der Waals surface area (Å²) < 4.78 is 5.28. The lowest BCUT2D eigenvalue weighted by atomic mass is 9.88. The van der Waals surface area contributed by atoms with E-state index in [4.69, 9.17) is 4.74 Å². The highest BCUT2D eigenvalue weighted by molar-refractivity contribution is 5.03. The highest BCUT2D eigenvalue weighted by Crippen LogP contribution is 2.43. The first-order valence-corrected chi connectivity index (χ1v) is 5.05. The molecule has 1 aliphatic heterocycles. The van der Waals surface area contributed by atoms with Crippen molar-refractivity contribution in [3.63, 3.8) is 0 Å². The molecule has 1 unspecified atom stereocenters. The van der Waals surface area contributed by atoms with Crippen molar-refractivity contribution in [1.29, 1.82) is 0 Å². The first-order chi connectivity index (χ1) is 5.82. The van der Waals surface area contributed by atoms with Gasteiger partial charge in [0.05, 0.1) is 6.61 Å². The Morgan fingerprint density at radius 3 is 2.15 bits per heavy atom. The third kappa shape index (κ3) is 1.75. The summed E-state index contributed by atoms with van der Waals surface area (Å²) in [5, 5.41) is 0. The van der Waals surface area contributed by atoms with Gasteiger partial charge >= 0.3 is 0 Å². The number of hydrogen-bond donors (Lipinski definition) is 0. The van der Waals surface area contributed by atoms with Crippen molar-refractivity contribution in [1.82, 2.24) is 4.90 Å². The van der Waals surface area contributed by atoms with Gasteiger partial charge in [-0.1, -0.05) is 0 Å². The van der Waals surface area contributed by atoms with E-state index in [2.05, 4.69) is 39.6 Å². The lowest BCUT2D eigenvalue weighted by molar-refractivity contribution is 0.0687. The van der Waals surface area contributed by atoms with Gasteiger partial charge in [0, 0.05) is 24.1 Å². The van der Waals surface area contributed by atoms with Gasteiger partial charge in [-0.05, 0) is 41.2 Å². The molecule has 2 heteroatoms. The topological polar surface area (TPSA) is 12.5 Å². The molecular formula is C11H23NO. The van der Waals surface area contributed by atoms with E-state index in [0.717, 1.165) is 6.61 Å². The van der Waals surface area contributed by atoms with Crippen molar-refractivity contribution in [3.05, 3.63) is 0 Å². The Balaban J connectivity index is 2.80. The van der Waals surface area contributed by atoms with Gasteiger partial charge in [0.15, 0.2) is 0 Å². The summed E-state index contributed by atoms with van der Waals surface area (Å²) >= 11 is 0. The molecule has 0 saturated carbocycles. The Kier molecular flexibility index (Phi) is 2.75. The predicted molar refractivity (Wildman–Crippen MR) is 55.9 cm³/mol. The maximum Gasteiger partial charge on any atom is 0.0508 e. The van der Waals surface area contributed by atoms with Crippen molar-refractivity contribution in [2.45, 2.75) is 45.2 Å². The van der Waals surface area contributed by atoms with Crippen LogP contribution in [0, 0.1) is 5.92 Å². The second kappa shape index (κ2) is 3.25. The Morgan fingerprint density at radius 2 is 1.85 bits per heavy atom. The van der Waals surface area contributed by atoms with Crippen LogP contribution >= 0.6 is 0 Å². The number of ether oxygens (including phenoxy) is 1. The summed E-state index contributed by atoms with van der Waals surface area (Å²) in [4.78, 5) is 2.48. The minimum absolute atomic E-state index is 0.263. The van der Waals surface area contributed by atoms with Gasteiger partial charge in [0.2, 0.25) is 0 Å². The lowest BCUT2D eigenvalue weighted by Gasteiger charge is -2.38. The molecule has 0 aliphatic carbocycles. The van der Waals surface area contributed by atoms with Crippen LogP contribution < -0.4 is 0 Å². The van der Waals surface area contributed by atoms with Gasteiger partial charge < -0.3 is 4.74 Å². The van der Waals surface area contributed by atoms with Crippen molar-refractivity contribution in [3.8, 4) is 0 Å². The molecule has 1 aliphatic rings. The first kappa shape index (κ1) is 11.0. The first-order valence-electron chi connectivity index (χ1n) is 5.05. The fourth-order valence-corrected chi connectivity index (χ4v) is 2.51. The summed E-state index contributed by atoms with van der Waals surface area (Å²) in [6, 6.07) is 0. The molecule has 0 bridgehead atoms. The maximum atomic E-state index is 5.28. The Bertz CT molecular complexity index is 187. The number of rotatable bonds is 2. The quantitative estimate of drug-likeness (QED) is 0.653. The van der Waals surface area contributed by atoms with E-state index < -0.39 is 0 Å². The second-order valence-electron chi connectivity index (χ2n) is 5.38. The Morgan fingerprint density at radius 1 is 1.31 bits per heavy atom. The van der Waals surface area contributed by atoms with Crippen LogP contribution in [0.1, 0.15) is 34.1 Å². The molecule has 0 N–H and O–H groups in total. The van der Waals surface area contributed by atoms with Crippen LogP contribution in [0.25, 0.3) is 0 Å². The van der Waals surface area contributed by atoms with Crippen LogP contribution in [-0.2, 0) is 4.74 Å². The number of likely N-dealkylation sites (tertiary alicyclic amines) is 1. The zero-order chi connectivity index (χ0) is 10.3. The lowest BCUT2D eigenvalue weighted by Crippen LogP contribution is -2.47. The molecule has 1 saturated heterocycles. The van der Waals surface area contributed by atoms with E-state index in [9.17, 15) is 0 Å². The van der Waals surface area contributed by atoms with Crippen molar-refractivity contribution >= 4 is 0 Å². The van der Waals surface area contributed by atoms with Crippen molar-refractivity contribution < 1.29 is 4.74 Å². The largest absolute Gasteiger partial charge is 0.384 e. The molecule has 78 valence electrons. The van der Waals surface area contributed by atoms with Crippen LogP contribution in [0.5, 0.6) is 0 Å². The average Bonchev–Trinajstić information content (AvgIpc) is 2.14. The van der Waals surface area contributed by atoms with Gasteiger partial charge in [0.1, 0.15) is 0 Å². The highest BCUT2D eigenvalue weighted by Gasteiger charge is 2.48. The number of hydrogen-bond acceptors (Lipinski definition) is 2. The molecule has 2 nitrogen and oxygen atoms in total. The van der Waals surface area contributed by atoms with Crippen molar-refractivity contribution in [2.75, 3.05) is 20.8 Å². The third-order valence-corrected chi connectivity index (χ3v) is 3.89. The summed E-state index contributed by atoms with van der Waals surface area (Å²) in [7, 11) is 4.01. The fraction of sp³-hybridized carbons (Fsp3) is 1.00. The normalized spacial score (nSPS) is 32.3. The van der Waals surface area contributed by atoms with Crippen LogP contribution in [0.15, 0.2) is 0 Å². The molecule has 1 fully saturated rings. The van der Waals surface area contributed by atoms with E-state index in [-0.39, 0.29) is 5.54 Å². The minimum atomic E-state index is 0.263. The van der Waals surface area contributed by atoms with Crippen LogP contribution in [-0.4, -0.2) is 36.7 Å². The summed E-state index contributed by atoms with van der Waals surface area (Å²) in [5.41, 5.74) is 0.576. The molecule has 0 aromatic carbocycles.